The summed E-state index contributed by atoms with van der Waals surface area (Å²) in [7, 11) is 0. The molecule has 0 saturated heterocycles. The first-order valence-electron chi connectivity index (χ1n) is 9.88. The van der Waals surface area contributed by atoms with Crippen molar-refractivity contribution in [1.82, 2.24) is 15.2 Å². The number of nitrogens with one attached hydrogen (secondary N) is 1. The Hall–Kier alpha value is -3.20. The molecule has 1 aliphatic carbocycles. The smallest absolute Gasteiger partial charge is 0.416 e. The lowest BCUT2D eigenvalue weighted by Crippen LogP contribution is -2.26. The molecule has 1 fully saturated rings. The molecule has 4 rings (SSSR count). The van der Waals surface area contributed by atoms with Crippen molar-refractivity contribution < 1.29 is 22.7 Å². The normalized spacial score (nSPS) is 15.0. The number of pyridine rings is 1. The van der Waals surface area contributed by atoms with Crippen molar-refractivity contribution in [3.05, 3.63) is 59.5 Å². The summed E-state index contributed by atoms with van der Waals surface area (Å²) in [4.78, 5) is 16.7. The molecule has 0 spiro atoms. The lowest BCUT2D eigenvalue weighted by atomic mass is 9.88. The third kappa shape index (κ3) is 3.81. The minimum Gasteiger partial charge on any atom is -0.465 e. The highest BCUT2D eigenvalue weighted by molar-refractivity contribution is 5.87. The van der Waals surface area contributed by atoms with Crippen LogP contribution in [0.25, 0.3) is 22.4 Å². The number of hydrogen-bond acceptors (Lipinski definition) is 5. The highest BCUT2D eigenvalue weighted by Crippen LogP contribution is 2.53. The van der Waals surface area contributed by atoms with Crippen molar-refractivity contribution in [2.45, 2.75) is 37.9 Å². The number of esters is 1. The van der Waals surface area contributed by atoms with Gasteiger partial charge in [-0.25, -0.2) is 0 Å². The SMILES string of the molecule is CCOC(=O)C1(c2ccc(-c3ccc(-c4cn[nH]c4CN)nc3)cc2C(F)(F)F)CC1. The van der Waals surface area contributed by atoms with E-state index < -0.39 is 23.1 Å². The van der Waals surface area contributed by atoms with Crippen LogP contribution in [0.3, 0.4) is 0 Å². The van der Waals surface area contributed by atoms with Gasteiger partial charge in [-0.3, -0.25) is 14.9 Å². The molecule has 0 bridgehead atoms. The highest BCUT2D eigenvalue weighted by atomic mass is 19.4. The molecule has 2 heterocycles. The first-order chi connectivity index (χ1) is 14.8. The van der Waals surface area contributed by atoms with E-state index in [0.717, 1.165) is 17.3 Å². The van der Waals surface area contributed by atoms with E-state index >= 15 is 0 Å². The van der Waals surface area contributed by atoms with Crippen LogP contribution < -0.4 is 5.73 Å². The second-order valence-electron chi connectivity index (χ2n) is 7.46. The van der Waals surface area contributed by atoms with E-state index in [9.17, 15) is 18.0 Å². The number of nitrogens with two attached hydrogens (primary N) is 1. The Kier molecular flexibility index (Phi) is 5.30. The lowest BCUT2D eigenvalue weighted by molar-refractivity contribution is -0.147. The Balaban J connectivity index is 1.71. The van der Waals surface area contributed by atoms with Crippen LogP contribution in [0.15, 0.2) is 42.7 Å². The Morgan fingerprint density at radius 1 is 1.19 bits per heavy atom. The monoisotopic (exact) mass is 430 g/mol. The van der Waals surface area contributed by atoms with Crippen molar-refractivity contribution in [1.29, 1.82) is 0 Å². The Labute approximate surface area is 176 Å². The standard InChI is InChI=1S/C22H21F3N4O2/c1-2-31-20(30)21(7-8-21)16-5-3-13(9-17(16)22(23,24)25)14-4-6-18(27-11-14)15-12-28-29-19(15)10-26/h3-6,9,11-12H,2,7-8,10,26H2,1H3,(H,28,29). The molecule has 0 radical (unpaired) electrons. The van der Waals surface area contributed by atoms with Gasteiger partial charge >= 0.3 is 12.1 Å². The Morgan fingerprint density at radius 2 is 1.94 bits per heavy atom. The predicted octanol–water partition coefficient (Wildman–Crippen LogP) is 4.21. The number of H-pyrrole nitrogens is 1. The number of aromatic amines is 1. The minimum absolute atomic E-state index is 0.0298. The van der Waals surface area contributed by atoms with Crippen LogP contribution in [-0.2, 0) is 27.7 Å². The fourth-order valence-corrected chi connectivity index (χ4v) is 3.77. The molecule has 3 aromatic rings. The molecule has 9 heteroatoms. The molecule has 0 aliphatic heterocycles. The number of rotatable bonds is 6. The lowest BCUT2D eigenvalue weighted by Gasteiger charge is -2.21. The summed E-state index contributed by atoms with van der Waals surface area (Å²) in [5, 5.41) is 6.74. The summed E-state index contributed by atoms with van der Waals surface area (Å²) in [5.74, 6) is -0.602. The average Bonchev–Trinajstić information content (AvgIpc) is 3.43. The first-order valence-corrected chi connectivity index (χ1v) is 9.88. The van der Waals surface area contributed by atoms with Crippen LogP contribution in [0.2, 0.25) is 0 Å². The molecule has 2 aromatic heterocycles. The maximum absolute atomic E-state index is 13.9. The number of alkyl halides is 3. The zero-order chi connectivity index (χ0) is 22.2. The van der Waals surface area contributed by atoms with E-state index in [-0.39, 0.29) is 18.7 Å². The Bertz CT molecular complexity index is 1100. The number of hydrogen-bond donors (Lipinski definition) is 2. The van der Waals surface area contributed by atoms with Gasteiger partial charge in [0.25, 0.3) is 0 Å². The van der Waals surface area contributed by atoms with Crippen LogP contribution in [0.5, 0.6) is 0 Å². The van der Waals surface area contributed by atoms with Gasteiger partial charge in [-0.05, 0) is 43.0 Å². The van der Waals surface area contributed by atoms with Crippen molar-refractivity contribution in [2.75, 3.05) is 6.61 Å². The number of carbonyl (C=O) groups is 1. The molecule has 0 amide bonds. The van der Waals surface area contributed by atoms with Crippen LogP contribution in [0, 0.1) is 0 Å². The van der Waals surface area contributed by atoms with E-state index in [0.29, 0.717) is 29.7 Å². The van der Waals surface area contributed by atoms with Gasteiger partial charge in [-0.15, -0.1) is 0 Å². The van der Waals surface area contributed by atoms with E-state index in [2.05, 4.69) is 15.2 Å². The predicted molar refractivity (Wildman–Crippen MR) is 108 cm³/mol. The number of carbonyl (C=O) groups excluding carboxylic acids is 1. The van der Waals surface area contributed by atoms with Crippen LogP contribution >= 0.6 is 0 Å². The van der Waals surface area contributed by atoms with Gasteiger partial charge in [0.2, 0.25) is 0 Å². The number of halogens is 3. The third-order valence-electron chi connectivity index (χ3n) is 5.55. The van der Waals surface area contributed by atoms with Crippen molar-refractivity contribution >= 4 is 5.97 Å². The number of aromatic nitrogens is 3. The van der Waals surface area contributed by atoms with Crippen molar-refractivity contribution in [2.24, 2.45) is 5.73 Å². The molecule has 31 heavy (non-hydrogen) atoms. The molecular formula is C22H21F3N4O2. The van der Waals surface area contributed by atoms with Gasteiger partial charge in [0, 0.05) is 23.9 Å². The molecule has 1 saturated carbocycles. The van der Waals surface area contributed by atoms with Crippen molar-refractivity contribution in [3.8, 4) is 22.4 Å². The summed E-state index contributed by atoms with van der Waals surface area (Å²) in [6.45, 7) is 2.02. The quantitative estimate of drug-likeness (QED) is 0.572. The summed E-state index contributed by atoms with van der Waals surface area (Å²) >= 11 is 0. The van der Waals surface area contributed by atoms with Gasteiger partial charge in [0.1, 0.15) is 0 Å². The van der Waals surface area contributed by atoms with Gasteiger partial charge in [-0.1, -0.05) is 18.2 Å². The second kappa shape index (κ2) is 7.81. The van der Waals surface area contributed by atoms with Gasteiger partial charge < -0.3 is 10.5 Å². The van der Waals surface area contributed by atoms with Gasteiger partial charge in [-0.2, -0.15) is 18.3 Å². The van der Waals surface area contributed by atoms with E-state index in [4.69, 9.17) is 10.5 Å². The molecule has 162 valence electrons. The largest absolute Gasteiger partial charge is 0.465 e. The van der Waals surface area contributed by atoms with Crippen LogP contribution in [0.4, 0.5) is 13.2 Å². The zero-order valence-electron chi connectivity index (χ0n) is 16.8. The minimum atomic E-state index is -4.60. The fourth-order valence-electron chi connectivity index (χ4n) is 3.77. The topological polar surface area (TPSA) is 93.9 Å². The molecule has 0 atom stereocenters. The van der Waals surface area contributed by atoms with Gasteiger partial charge in [0.15, 0.2) is 0 Å². The summed E-state index contributed by atoms with van der Waals surface area (Å²) in [6, 6.07) is 7.46. The number of nitrogens with zero attached hydrogens (tertiary/aromatic N) is 2. The van der Waals surface area contributed by atoms with Gasteiger partial charge in [0.05, 0.1) is 35.2 Å². The van der Waals surface area contributed by atoms with Crippen LogP contribution in [0.1, 0.15) is 36.6 Å². The van der Waals surface area contributed by atoms with E-state index in [1.165, 1.54) is 12.3 Å². The average molecular weight is 430 g/mol. The molecule has 3 N–H and O–H groups in total. The van der Waals surface area contributed by atoms with E-state index in [1.807, 2.05) is 0 Å². The highest BCUT2D eigenvalue weighted by Gasteiger charge is 2.56. The molecule has 1 aromatic carbocycles. The third-order valence-corrected chi connectivity index (χ3v) is 5.55. The molecule has 1 aliphatic rings. The summed E-state index contributed by atoms with van der Waals surface area (Å²) in [5.41, 5.74) is 6.58. The van der Waals surface area contributed by atoms with E-state index in [1.54, 1.807) is 31.3 Å². The summed E-state index contributed by atoms with van der Waals surface area (Å²) < 4.78 is 46.7. The van der Waals surface area contributed by atoms with Crippen molar-refractivity contribution in [3.63, 3.8) is 0 Å². The first kappa shape index (κ1) is 21.0. The zero-order valence-corrected chi connectivity index (χ0v) is 16.8. The second-order valence-corrected chi connectivity index (χ2v) is 7.46. The maximum Gasteiger partial charge on any atom is 0.416 e. The molecule has 6 nitrogen and oxygen atoms in total. The maximum atomic E-state index is 13.9. The molecular weight excluding hydrogens is 409 g/mol. The molecule has 0 unspecified atom stereocenters. The Morgan fingerprint density at radius 3 is 2.52 bits per heavy atom. The van der Waals surface area contributed by atoms with Crippen LogP contribution in [-0.4, -0.2) is 27.8 Å². The fraction of sp³-hybridized carbons (Fsp3) is 0.318. The number of benzene rings is 1. The number of ether oxygens (including phenoxy) is 1. The summed E-state index contributed by atoms with van der Waals surface area (Å²) in [6.07, 6.45) is -0.799.